The van der Waals surface area contributed by atoms with E-state index in [0.29, 0.717) is 0 Å². The van der Waals surface area contributed by atoms with Gasteiger partial charge in [-0.05, 0) is 56.9 Å². The highest BCUT2D eigenvalue weighted by Gasteiger charge is 2.19. The average molecular weight is 246 g/mol. The largest absolute Gasteiger partial charge is 0.385 e. The number of rotatable bonds is 3. The molecule has 1 N–H and O–H groups in total. The zero-order chi connectivity index (χ0) is 13.0. The van der Waals surface area contributed by atoms with Crippen LogP contribution in [0, 0.1) is 6.92 Å². The van der Waals surface area contributed by atoms with Crippen molar-refractivity contribution in [2.45, 2.75) is 33.1 Å². The SMILES string of the molecule is CCNc1ccc(C(=O)N2CCCCC2)c(C)c1. The van der Waals surface area contributed by atoms with Crippen molar-refractivity contribution in [1.82, 2.24) is 4.90 Å². The highest BCUT2D eigenvalue weighted by molar-refractivity contribution is 5.96. The van der Waals surface area contributed by atoms with Crippen LogP contribution in [-0.2, 0) is 0 Å². The molecule has 1 saturated heterocycles. The van der Waals surface area contributed by atoms with Crippen LogP contribution in [0.25, 0.3) is 0 Å². The number of amides is 1. The Morgan fingerprint density at radius 2 is 2.00 bits per heavy atom. The summed E-state index contributed by atoms with van der Waals surface area (Å²) in [5.41, 5.74) is 2.99. The highest BCUT2D eigenvalue weighted by Crippen LogP contribution is 2.19. The molecular weight excluding hydrogens is 224 g/mol. The van der Waals surface area contributed by atoms with Crippen LogP contribution >= 0.6 is 0 Å². The average Bonchev–Trinajstić information content (AvgIpc) is 2.40. The number of benzene rings is 1. The van der Waals surface area contributed by atoms with Crippen molar-refractivity contribution < 1.29 is 4.79 Å². The number of aryl methyl sites for hydroxylation is 1. The predicted molar refractivity (Wildman–Crippen MR) is 75.1 cm³/mol. The Balaban J connectivity index is 2.14. The van der Waals surface area contributed by atoms with E-state index in [1.54, 1.807) is 0 Å². The molecule has 0 bridgehead atoms. The van der Waals surface area contributed by atoms with Gasteiger partial charge in [0, 0.05) is 30.9 Å². The van der Waals surface area contributed by atoms with Gasteiger partial charge < -0.3 is 10.2 Å². The molecule has 18 heavy (non-hydrogen) atoms. The zero-order valence-corrected chi connectivity index (χ0v) is 11.3. The van der Waals surface area contributed by atoms with Gasteiger partial charge in [0.2, 0.25) is 0 Å². The van der Waals surface area contributed by atoms with Crippen LogP contribution in [0.15, 0.2) is 18.2 Å². The van der Waals surface area contributed by atoms with Crippen LogP contribution in [0.5, 0.6) is 0 Å². The molecule has 1 heterocycles. The Labute approximate surface area is 109 Å². The maximum Gasteiger partial charge on any atom is 0.254 e. The van der Waals surface area contributed by atoms with Gasteiger partial charge in [-0.3, -0.25) is 4.79 Å². The quantitative estimate of drug-likeness (QED) is 0.889. The van der Waals surface area contributed by atoms with Crippen molar-refractivity contribution in [3.8, 4) is 0 Å². The Hall–Kier alpha value is -1.51. The minimum absolute atomic E-state index is 0.190. The smallest absolute Gasteiger partial charge is 0.254 e. The third kappa shape index (κ3) is 2.84. The Bertz CT molecular complexity index is 423. The van der Waals surface area contributed by atoms with E-state index < -0.39 is 0 Å². The van der Waals surface area contributed by atoms with Gasteiger partial charge in [-0.2, -0.15) is 0 Å². The molecule has 0 aromatic heterocycles. The van der Waals surface area contributed by atoms with Crippen LogP contribution in [0.4, 0.5) is 5.69 Å². The van der Waals surface area contributed by atoms with E-state index in [4.69, 9.17) is 0 Å². The number of likely N-dealkylation sites (tertiary alicyclic amines) is 1. The van der Waals surface area contributed by atoms with Crippen molar-refractivity contribution in [2.24, 2.45) is 0 Å². The lowest BCUT2D eigenvalue weighted by molar-refractivity contribution is 0.0723. The number of anilines is 1. The molecule has 1 aromatic rings. The maximum absolute atomic E-state index is 12.4. The fourth-order valence-corrected chi connectivity index (χ4v) is 2.49. The van der Waals surface area contributed by atoms with Crippen LogP contribution in [0.1, 0.15) is 42.1 Å². The highest BCUT2D eigenvalue weighted by atomic mass is 16.2. The number of nitrogens with one attached hydrogen (secondary N) is 1. The first-order valence-electron chi connectivity index (χ1n) is 6.86. The molecule has 0 aliphatic carbocycles. The lowest BCUT2D eigenvalue weighted by Gasteiger charge is -2.27. The second-order valence-corrected chi connectivity index (χ2v) is 4.91. The van der Waals surface area contributed by atoms with Crippen molar-refractivity contribution >= 4 is 11.6 Å². The Morgan fingerprint density at radius 3 is 2.61 bits per heavy atom. The molecule has 1 aliphatic rings. The van der Waals surface area contributed by atoms with Gasteiger partial charge in [-0.15, -0.1) is 0 Å². The molecule has 98 valence electrons. The van der Waals surface area contributed by atoms with Crippen molar-refractivity contribution in [1.29, 1.82) is 0 Å². The van der Waals surface area contributed by atoms with Gasteiger partial charge in [0.25, 0.3) is 5.91 Å². The van der Waals surface area contributed by atoms with E-state index >= 15 is 0 Å². The Morgan fingerprint density at radius 1 is 1.28 bits per heavy atom. The minimum atomic E-state index is 0.190. The lowest BCUT2D eigenvalue weighted by Crippen LogP contribution is -2.35. The fraction of sp³-hybridized carbons (Fsp3) is 0.533. The summed E-state index contributed by atoms with van der Waals surface area (Å²) in [6.45, 7) is 6.81. The maximum atomic E-state index is 12.4. The summed E-state index contributed by atoms with van der Waals surface area (Å²) in [7, 11) is 0. The van der Waals surface area contributed by atoms with E-state index in [0.717, 1.165) is 49.3 Å². The summed E-state index contributed by atoms with van der Waals surface area (Å²) >= 11 is 0. The molecule has 2 rings (SSSR count). The van der Waals surface area contributed by atoms with Gasteiger partial charge in [-0.1, -0.05) is 0 Å². The minimum Gasteiger partial charge on any atom is -0.385 e. The molecule has 1 aromatic carbocycles. The van der Waals surface area contributed by atoms with Crippen LogP contribution in [0.3, 0.4) is 0 Å². The fourth-order valence-electron chi connectivity index (χ4n) is 2.49. The van der Waals surface area contributed by atoms with Crippen molar-refractivity contribution in [2.75, 3.05) is 25.0 Å². The van der Waals surface area contributed by atoms with Gasteiger partial charge in [0.15, 0.2) is 0 Å². The molecule has 0 saturated carbocycles. The summed E-state index contributed by atoms with van der Waals surface area (Å²) in [4.78, 5) is 14.4. The zero-order valence-electron chi connectivity index (χ0n) is 11.3. The topological polar surface area (TPSA) is 32.3 Å². The van der Waals surface area contributed by atoms with Crippen LogP contribution in [-0.4, -0.2) is 30.4 Å². The number of nitrogens with zero attached hydrogens (tertiary/aromatic N) is 1. The van der Waals surface area contributed by atoms with E-state index in [9.17, 15) is 4.79 Å². The third-order valence-corrected chi connectivity index (χ3v) is 3.48. The van der Waals surface area contributed by atoms with Crippen LogP contribution in [0.2, 0.25) is 0 Å². The summed E-state index contributed by atoms with van der Waals surface area (Å²) in [5.74, 6) is 0.190. The molecule has 0 unspecified atom stereocenters. The molecule has 0 atom stereocenters. The molecule has 0 spiro atoms. The second kappa shape index (κ2) is 5.89. The third-order valence-electron chi connectivity index (χ3n) is 3.48. The molecule has 1 fully saturated rings. The number of piperidine rings is 1. The van der Waals surface area contributed by atoms with Crippen LogP contribution < -0.4 is 5.32 Å². The number of carbonyl (C=O) groups is 1. The van der Waals surface area contributed by atoms with Crippen molar-refractivity contribution in [3.63, 3.8) is 0 Å². The van der Waals surface area contributed by atoms with Gasteiger partial charge in [-0.25, -0.2) is 0 Å². The number of carbonyl (C=O) groups excluding carboxylic acids is 1. The summed E-state index contributed by atoms with van der Waals surface area (Å²) in [6, 6.07) is 6.00. The monoisotopic (exact) mass is 246 g/mol. The molecule has 1 amide bonds. The molecule has 3 heteroatoms. The molecule has 0 radical (unpaired) electrons. The van der Waals surface area contributed by atoms with Gasteiger partial charge >= 0.3 is 0 Å². The summed E-state index contributed by atoms with van der Waals surface area (Å²) in [5, 5.41) is 3.27. The lowest BCUT2D eigenvalue weighted by atomic mass is 10.0. The standard InChI is InChI=1S/C15H22N2O/c1-3-16-13-7-8-14(12(2)11-13)15(18)17-9-5-4-6-10-17/h7-8,11,16H,3-6,9-10H2,1-2H3. The second-order valence-electron chi connectivity index (χ2n) is 4.91. The first-order valence-corrected chi connectivity index (χ1v) is 6.86. The number of hydrogen-bond acceptors (Lipinski definition) is 2. The molecule has 1 aliphatic heterocycles. The first kappa shape index (κ1) is 12.9. The van der Waals surface area contributed by atoms with Crippen molar-refractivity contribution in [3.05, 3.63) is 29.3 Å². The predicted octanol–water partition coefficient (Wildman–Crippen LogP) is 3.05. The first-order chi connectivity index (χ1) is 8.72. The van der Waals surface area contributed by atoms with E-state index in [1.165, 1.54) is 6.42 Å². The molecular formula is C15H22N2O. The Kier molecular flexibility index (Phi) is 4.24. The summed E-state index contributed by atoms with van der Waals surface area (Å²) < 4.78 is 0. The summed E-state index contributed by atoms with van der Waals surface area (Å²) in [6.07, 6.45) is 3.53. The normalized spacial score (nSPS) is 15.6. The van der Waals surface area contributed by atoms with E-state index in [1.807, 2.05) is 24.0 Å². The molecule has 3 nitrogen and oxygen atoms in total. The van der Waals surface area contributed by atoms with Gasteiger partial charge in [0.05, 0.1) is 0 Å². The van der Waals surface area contributed by atoms with E-state index in [-0.39, 0.29) is 5.91 Å². The number of hydrogen-bond donors (Lipinski definition) is 1. The van der Waals surface area contributed by atoms with E-state index in [2.05, 4.69) is 18.3 Å². The van der Waals surface area contributed by atoms with Gasteiger partial charge in [0.1, 0.15) is 0 Å².